The zero-order valence-electron chi connectivity index (χ0n) is 16.1. The maximum Gasteiger partial charge on any atom is 0.184 e. The lowest BCUT2D eigenvalue weighted by atomic mass is 9.49. The molecule has 3 rings (SSSR count). The second kappa shape index (κ2) is 7.19. The first kappa shape index (κ1) is 19.7. The molecule has 1 aromatic rings. The number of Topliss-reactive ketones (excluding diaryl/α,β-unsaturated/α-hetero) is 3. The fraction of sp³-hybridized carbons (Fsp3) is 0.292. The zero-order valence-corrected chi connectivity index (χ0v) is 16.1. The van der Waals surface area contributed by atoms with Gasteiger partial charge in [-0.15, -0.1) is 13.2 Å². The van der Waals surface area contributed by atoms with E-state index in [4.69, 9.17) is 4.74 Å². The van der Waals surface area contributed by atoms with Crippen LogP contribution in [-0.2, 0) is 14.3 Å². The Balaban J connectivity index is 2.35. The second-order valence-corrected chi connectivity index (χ2v) is 7.44. The van der Waals surface area contributed by atoms with Crippen LogP contribution in [0, 0.1) is 10.8 Å². The third kappa shape index (κ3) is 2.55. The van der Waals surface area contributed by atoms with E-state index < -0.39 is 28.2 Å². The van der Waals surface area contributed by atoms with Gasteiger partial charge in [0.1, 0.15) is 5.76 Å². The number of allylic oxidation sites excluding steroid dienone is 5. The number of methoxy groups -OCH3 is 1. The Kier molecular flexibility index (Phi) is 5.07. The first-order valence-corrected chi connectivity index (χ1v) is 9.24. The number of ether oxygens (including phenoxy) is 1. The summed E-state index contributed by atoms with van der Waals surface area (Å²) in [5, 5.41) is 0. The van der Waals surface area contributed by atoms with E-state index >= 15 is 0 Å². The molecule has 1 aromatic carbocycles. The van der Waals surface area contributed by atoms with Crippen LogP contribution < -0.4 is 0 Å². The molecule has 0 radical (unpaired) electrons. The fourth-order valence-electron chi connectivity index (χ4n) is 4.72. The molecule has 2 bridgehead atoms. The van der Waals surface area contributed by atoms with Crippen molar-refractivity contribution < 1.29 is 19.1 Å². The second-order valence-electron chi connectivity index (χ2n) is 7.44. The number of rotatable bonds is 7. The third-order valence-corrected chi connectivity index (χ3v) is 5.73. The fourth-order valence-corrected chi connectivity index (χ4v) is 4.72. The van der Waals surface area contributed by atoms with Crippen molar-refractivity contribution in [1.82, 2.24) is 0 Å². The Morgan fingerprint density at radius 2 is 1.82 bits per heavy atom. The highest BCUT2D eigenvalue weighted by Gasteiger charge is 2.67. The van der Waals surface area contributed by atoms with Crippen LogP contribution in [0.1, 0.15) is 36.0 Å². The summed E-state index contributed by atoms with van der Waals surface area (Å²) in [6.07, 6.45) is 4.08. The molecule has 144 valence electrons. The number of fused-ring (bicyclic) bond motifs is 2. The lowest BCUT2D eigenvalue weighted by Crippen LogP contribution is -2.61. The van der Waals surface area contributed by atoms with Crippen molar-refractivity contribution in [3.05, 3.63) is 84.7 Å². The topological polar surface area (TPSA) is 60.4 Å². The summed E-state index contributed by atoms with van der Waals surface area (Å²) in [7, 11) is 1.45. The third-order valence-electron chi connectivity index (χ3n) is 5.73. The molecule has 0 spiro atoms. The number of carbonyl (C=O) groups excluding carboxylic acids is 3. The molecule has 1 saturated carbocycles. The predicted octanol–water partition coefficient (Wildman–Crippen LogP) is 4.40. The monoisotopic (exact) mass is 376 g/mol. The van der Waals surface area contributed by atoms with Crippen molar-refractivity contribution in [2.75, 3.05) is 7.11 Å². The molecule has 2 atom stereocenters. The molecule has 28 heavy (non-hydrogen) atoms. The number of ketones is 3. The highest BCUT2D eigenvalue weighted by atomic mass is 16.5. The molecule has 2 aliphatic rings. The molecule has 1 fully saturated rings. The van der Waals surface area contributed by atoms with Gasteiger partial charge in [0.2, 0.25) is 0 Å². The van der Waals surface area contributed by atoms with Crippen molar-refractivity contribution in [3.63, 3.8) is 0 Å². The quantitative estimate of drug-likeness (QED) is 0.402. The molecule has 2 aliphatic carbocycles. The van der Waals surface area contributed by atoms with Gasteiger partial charge in [0.05, 0.1) is 12.5 Å². The number of carbonyl (C=O) groups is 3. The van der Waals surface area contributed by atoms with Gasteiger partial charge in [-0.05, 0) is 25.7 Å². The Hall–Kier alpha value is -3.01. The van der Waals surface area contributed by atoms with E-state index in [0.717, 1.165) is 0 Å². The van der Waals surface area contributed by atoms with Gasteiger partial charge in [0.25, 0.3) is 0 Å². The summed E-state index contributed by atoms with van der Waals surface area (Å²) >= 11 is 0. The van der Waals surface area contributed by atoms with E-state index in [0.29, 0.717) is 28.9 Å². The number of hydrogen-bond acceptors (Lipinski definition) is 4. The molecule has 0 saturated heterocycles. The van der Waals surface area contributed by atoms with Crippen LogP contribution >= 0.6 is 0 Å². The first-order valence-electron chi connectivity index (χ1n) is 9.24. The van der Waals surface area contributed by atoms with Crippen LogP contribution in [0.5, 0.6) is 0 Å². The smallest absolute Gasteiger partial charge is 0.184 e. The summed E-state index contributed by atoms with van der Waals surface area (Å²) in [5.41, 5.74) is -1.57. The van der Waals surface area contributed by atoms with Crippen LogP contribution in [0.25, 0.3) is 0 Å². The van der Waals surface area contributed by atoms with Gasteiger partial charge < -0.3 is 4.74 Å². The average molecular weight is 376 g/mol. The first-order chi connectivity index (χ1) is 13.4. The Morgan fingerprint density at radius 3 is 2.39 bits per heavy atom. The largest absolute Gasteiger partial charge is 0.500 e. The molecule has 0 aliphatic heterocycles. The van der Waals surface area contributed by atoms with Gasteiger partial charge in [0.15, 0.2) is 22.8 Å². The molecule has 0 unspecified atom stereocenters. The van der Waals surface area contributed by atoms with E-state index in [2.05, 4.69) is 19.7 Å². The van der Waals surface area contributed by atoms with Crippen molar-refractivity contribution in [1.29, 1.82) is 0 Å². The SMILES string of the molecule is C=CCC1=C(OC)[C@]2(CC=C)CC(=C)C[C@](C(=O)c3ccccc3)(C1=O)C2=O. The average Bonchev–Trinajstić information content (AvgIpc) is 2.69. The molecule has 0 aromatic heterocycles. The van der Waals surface area contributed by atoms with E-state index in [1.165, 1.54) is 7.11 Å². The van der Waals surface area contributed by atoms with Crippen LogP contribution in [0.3, 0.4) is 0 Å². The summed E-state index contributed by atoms with van der Waals surface area (Å²) in [6.45, 7) is 11.6. The van der Waals surface area contributed by atoms with E-state index in [9.17, 15) is 14.4 Å². The van der Waals surface area contributed by atoms with Gasteiger partial charge in [-0.25, -0.2) is 0 Å². The number of hydrogen-bond donors (Lipinski definition) is 0. The lowest BCUT2D eigenvalue weighted by molar-refractivity contribution is -0.147. The molecule has 0 amide bonds. The standard InChI is InChI=1S/C24H24O4/c1-5-10-18-20(26)24(19(25)17-11-8-7-9-12-17)15-16(3)14-23(13-6-2,22(24)27)21(18)28-4/h5-9,11-12H,1-3,10,13-15H2,4H3/t23-,24-/m0/s1. The van der Waals surface area contributed by atoms with Gasteiger partial charge in [0, 0.05) is 11.1 Å². The molecule has 4 nitrogen and oxygen atoms in total. The van der Waals surface area contributed by atoms with E-state index in [1.54, 1.807) is 42.5 Å². The summed E-state index contributed by atoms with van der Waals surface area (Å²) < 4.78 is 5.61. The summed E-state index contributed by atoms with van der Waals surface area (Å²) in [6, 6.07) is 8.49. The van der Waals surface area contributed by atoms with Gasteiger partial charge in [-0.1, -0.05) is 54.6 Å². The van der Waals surface area contributed by atoms with Crippen LogP contribution in [0.2, 0.25) is 0 Å². The minimum Gasteiger partial charge on any atom is -0.500 e. The summed E-state index contributed by atoms with van der Waals surface area (Å²) in [5.74, 6) is -1.06. The van der Waals surface area contributed by atoms with Gasteiger partial charge >= 0.3 is 0 Å². The summed E-state index contributed by atoms with van der Waals surface area (Å²) in [4.78, 5) is 41.1. The minimum atomic E-state index is -1.81. The maximum atomic E-state index is 13.9. The zero-order chi connectivity index (χ0) is 20.5. The van der Waals surface area contributed by atoms with Crippen molar-refractivity contribution in [2.45, 2.75) is 25.7 Å². The normalized spacial score (nSPS) is 26.8. The lowest BCUT2D eigenvalue weighted by Gasteiger charge is -2.50. The predicted molar refractivity (Wildman–Crippen MR) is 108 cm³/mol. The van der Waals surface area contributed by atoms with Crippen molar-refractivity contribution in [3.8, 4) is 0 Å². The molecule has 4 heteroatoms. The molecular formula is C24H24O4. The van der Waals surface area contributed by atoms with E-state index in [1.807, 2.05) is 0 Å². The minimum absolute atomic E-state index is 0.0227. The van der Waals surface area contributed by atoms with Crippen LogP contribution in [-0.4, -0.2) is 24.5 Å². The molecular weight excluding hydrogens is 352 g/mol. The van der Waals surface area contributed by atoms with Crippen molar-refractivity contribution >= 4 is 17.3 Å². The maximum absolute atomic E-state index is 13.9. The number of benzene rings is 1. The Morgan fingerprint density at radius 1 is 1.14 bits per heavy atom. The van der Waals surface area contributed by atoms with Crippen LogP contribution in [0.15, 0.2) is 79.1 Å². The van der Waals surface area contributed by atoms with Gasteiger partial charge in [-0.3, -0.25) is 14.4 Å². The highest BCUT2D eigenvalue weighted by Crippen LogP contribution is 2.58. The van der Waals surface area contributed by atoms with Gasteiger partial charge in [-0.2, -0.15) is 0 Å². The Bertz CT molecular complexity index is 921. The van der Waals surface area contributed by atoms with Crippen LogP contribution in [0.4, 0.5) is 0 Å². The molecule has 0 N–H and O–H groups in total. The van der Waals surface area contributed by atoms with Crippen molar-refractivity contribution in [2.24, 2.45) is 10.8 Å². The highest BCUT2D eigenvalue weighted by molar-refractivity contribution is 6.36. The molecule has 0 heterocycles. The van der Waals surface area contributed by atoms with E-state index in [-0.39, 0.29) is 19.3 Å². The Labute approximate surface area is 165 Å².